The van der Waals surface area contributed by atoms with E-state index in [-0.39, 0.29) is 12.5 Å². The van der Waals surface area contributed by atoms with Gasteiger partial charge in [0.15, 0.2) is 6.61 Å². The largest absolute Gasteiger partial charge is 0.483 e. The molecule has 1 aliphatic rings. The van der Waals surface area contributed by atoms with Crippen LogP contribution in [0.2, 0.25) is 0 Å². The van der Waals surface area contributed by atoms with Gasteiger partial charge in [-0.1, -0.05) is 18.2 Å². The number of hydrogen-bond acceptors (Lipinski definition) is 4. The molecule has 5 heteroatoms. The highest BCUT2D eigenvalue weighted by atomic mass is 16.5. The number of rotatable bonds is 4. The summed E-state index contributed by atoms with van der Waals surface area (Å²) in [5.74, 6) is 0.620. The monoisotopic (exact) mass is 292 g/mol. The molecule has 1 aliphatic heterocycles. The number of carbonyl (C=O) groups excluding carboxylic acids is 1. The lowest BCUT2D eigenvalue weighted by Crippen LogP contribution is -2.36. The van der Waals surface area contributed by atoms with Crippen LogP contribution in [-0.4, -0.2) is 41.2 Å². The Hall–Kier alpha value is -1.59. The van der Waals surface area contributed by atoms with Crippen LogP contribution in [0.25, 0.3) is 0 Å². The second-order valence-corrected chi connectivity index (χ2v) is 5.83. The Morgan fingerprint density at radius 2 is 2.14 bits per heavy atom. The third-order valence-corrected chi connectivity index (χ3v) is 3.96. The van der Waals surface area contributed by atoms with Crippen LogP contribution in [-0.2, 0) is 11.3 Å². The quantitative estimate of drug-likeness (QED) is 0.877. The molecule has 3 N–H and O–H groups in total. The predicted molar refractivity (Wildman–Crippen MR) is 80.9 cm³/mol. The molecule has 0 bridgehead atoms. The van der Waals surface area contributed by atoms with Crippen LogP contribution in [0.4, 0.5) is 0 Å². The fraction of sp³-hybridized carbons (Fsp3) is 0.562. The van der Waals surface area contributed by atoms with Gasteiger partial charge in [0, 0.05) is 25.2 Å². The summed E-state index contributed by atoms with van der Waals surface area (Å²) >= 11 is 0. The average Bonchev–Trinajstić information content (AvgIpc) is 2.66. The van der Waals surface area contributed by atoms with E-state index in [2.05, 4.69) is 0 Å². The van der Waals surface area contributed by atoms with E-state index in [1.807, 2.05) is 31.2 Å². The maximum absolute atomic E-state index is 12.2. The zero-order chi connectivity index (χ0) is 15.3. The second-order valence-electron chi connectivity index (χ2n) is 5.83. The Balaban J connectivity index is 1.90. The summed E-state index contributed by atoms with van der Waals surface area (Å²) in [6, 6.07) is 7.47. The summed E-state index contributed by atoms with van der Waals surface area (Å²) in [7, 11) is 0. The van der Waals surface area contributed by atoms with Gasteiger partial charge in [-0.3, -0.25) is 4.79 Å². The molecule has 0 saturated carbocycles. The first kappa shape index (κ1) is 15.8. The summed E-state index contributed by atoms with van der Waals surface area (Å²) < 4.78 is 5.60. The summed E-state index contributed by atoms with van der Waals surface area (Å²) in [5.41, 5.74) is 5.88. The van der Waals surface area contributed by atoms with E-state index >= 15 is 0 Å². The van der Waals surface area contributed by atoms with Crippen LogP contribution in [0.1, 0.15) is 31.7 Å². The minimum atomic E-state index is -0.665. The summed E-state index contributed by atoms with van der Waals surface area (Å²) in [5, 5.41) is 10.0. The van der Waals surface area contributed by atoms with Crippen molar-refractivity contribution < 1.29 is 14.6 Å². The highest BCUT2D eigenvalue weighted by Crippen LogP contribution is 2.22. The fourth-order valence-electron chi connectivity index (χ4n) is 2.56. The van der Waals surface area contributed by atoms with Gasteiger partial charge in [-0.2, -0.15) is 0 Å². The van der Waals surface area contributed by atoms with Gasteiger partial charge < -0.3 is 20.5 Å². The number of aliphatic hydroxyl groups is 1. The molecule has 5 nitrogen and oxygen atoms in total. The minimum Gasteiger partial charge on any atom is -0.483 e. The van der Waals surface area contributed by atoms with Gasteiger partial charge in [0.1, 0.15) is 5.75 Å². The van der Waals surface area contributed by atoms with Crippen molar-refractivity contribution >= 4 is 5.91 Å². The molecule has 116 valence electrons. The lowest BCUT2D eigenvalue weighted by Gasteiger charge is -2.22. The molecule has 2 rings (SSSR count). The molecular formula is C16H24N2O3. The van der Waals surface area contributed by atoms with Gasteiger partial charge in [0.25, 0.3) is 5.91 Å². The first-order valence-electron chi connectivity index (χ1n) is 7.43. The van der Waals surface area contributed by atoms with E-state index in [0.717, 1.165) is 18.4 Å². The average molecular weight is 292 g/mol. The summed E-state index contributed by atoms with van der Waals surface area (Å²) in [6.45, 7) is 3.48. The van der Waals surface area contributed by atoms with E-state index in [4.69, 9.17) is 10.5 Å². The normalized spacial score (nSPS) is 22.7. The smallest absolute Gasteiger partial charge is 0.260 e. The van der Waals surface area contributed by atoms with Gasteiger partial charge in [-0.15, -0.1) is 0 Å². The fourth-order valence-corrected chi connectivity index (χ4v) is 2.56. The zero-order valence-corrected chi connectivity index (χ0v) is 12.5. The predicted octanol–water partition coefficient (Wildman–Crippen LogP) is 1.29. The van der Waals surface area contributed by atoms with Crippen LogP contribution in [0.15, 0.2) is 24.3 Å². The number of nitrogens with two attached hydrogens (primary N) is 1. The zero-order valence-electron chi connectivity index (χ0n) is 12.5. The maximum atomic E-state index is 12.2. The van der Waals surface area contributed by atoms with E-state index in [1.54, 1.807) is 4.90 Å². The number of ether oxygens (including phenoxy) is 1. The molecule has 0 radical (unpaired) electrons. The van der Waals surface area contributed by atoms with Crippen molar-refractivity contribution in [3.8, 4) is 5.75 Å². The number of carbonyl (C=O) groups is 1. The first-order valence-corrected chi connectivity index (χ1v) is 7.43. The Labute approximate surface area is 125 Å². The maximum Gasteiger partial charge on any atom is 0.260 e. The van der Waals surface area contributed by atoms with Crippen molar-refractivity contribution in [2.24, 2.45) is 5.73 Å². The van der Waals surface area contributed by atoms with Gasteiger partial charge in [0.05, 0.1) is 5.60 Å². The third kappa shape index (κ3) is 4.44. The molecule has 1 atom stereocenters. The number of hydrogen-bond donors (Lipinski definition) is 2. The van der Waals surface area contributed by atoms with Gasteiger partial charge >= 0.3 is 0 Å². The molecule has 0 spiro atoms. The van der Waals surface area contributed by atoms with Crippen molar-refractivity contribution in [3.63, 3.8) is 0 Å². The van der Waals surface area contributed by atoms with Crippen LogP contribution in [0, 0.1) is 0 Å². The van der Waals surface area contributed by atoms with Crippen LogP contribution in [0.5, 0.6) is 5.75 Å². The number of benzene rings is 1. The third-order valence-electron chi connectivity index (χ3n) is 3.96. The van der Waals surface area contributed by atoms with Gasteiger partial charge in [0.2, 0.25) is 0 Å². The molecule has 1 aromatic rings. The second kappa shape index (κ2) is 6.91. The highest BCUT2D eigenvalue weighted by Gasteiger charge is 2.27. The Morgan fingerprint density at radius 1 is 1.38 bits per heavy atom. The first-order chi connectivity index (χ1) is 10.0. The van der Waals surface area contributed by atoms with Crippen LogP contribution in [0.3, 0.4) is 0 Å². The molecule has 1 saturated heterocycles. The van der Waals surface area contributed by atoms with Gasteiger partial charge in [-0.05, 0) is 32.3 Å². The van der Waals surface area contributed by atoms with Crippen molar-refractivity contribution in [1.82, 2.24) is 4.90 Å². The van der Waals surface area contributed by atoms with Crippen LogP contribution < -0.4 is 10.5 Å². The van der Waals surface area contributed by atoms with E-state index in [9.17, 15) is 9.90 Å². The van der Waals surface area contributed by atoms with Crippen molar-refractivity contribution in [2.45, 2.75) is 38.3 Å². The number of nitrogens with zero attached hydrogens (tertiary/aromatic N) is 1. The highest BCUT2D eigenvalue weighted by molar-refractivity contribution is 5.77. The molecule has 1 heterocycles. The van der Waals surface area contributed by atoms with Crippen molar-refractivity contribution in [1.29, 1.82) is 0 Å². The molecule has 1 fully saturated rings. The topological polar surface area (TPSA) is 75.8 Å². The number of para-hydroxylation sites is 1. The molecule has 1 aromatic carbocycles. The molecule has 21 heavy (non-hydrogen) atoms. The lowest BCUT2D eigenvalue weighted by atomic mass is 9.98. The Morgan fingerprint density at radius 3 is 2.90 bits per heavy atom. The van der Waals surface area contributed by atoms with E-state index in [1.165, 1.54) is 0 Å². The van der Waals surface area contributed by atoms with Gasteiger partial charge in [-0.25, -0.2) is 0 Å². The number of amides is 1. The molecule has 0 aromatic heterocycles. The van der Waals surface area contributed by atoms with E-state index < -0.39 is 5.60 Å². The molecular weight excluding hydrogens is 268 g/mol. The SMILES string of the molecule is CC1(O)CCCN(C(=O)COc2ccccc2CN)CC1. The molecule has 0 aliphatic carbocycles. The summed E-state index contributed by atoms with van der Waals surface area (Å²) in [6.07, 6.45) is 2.16. The lowest BCUT2D eigenvalue weighted by molar-refractivity contribution is -0.133. The molecule has 1 amide bonds. The minimum absolute atomic E-state index is 0.0131. The Kier molecular flexibility index (Phi) is 5.20. The van der Waals surface area contributed by atoms with Crippen molar-refractivity contribution in [2.75, 3.05) is 19.7 Å². The van der Waals surface area contributed by atoms with Crippen molar-refractivity contribution in [3.05, 3.63) is 29.8 Å². The van der Waals surface area contributed by atoms with E-state index in [0.29, 0.717) is 31.8 Å². The summed E-state index contributed by atoms with van der Waals surface area (Å²) in [4.78, 5) is 14.0. The molecule has 1 unspecified atom stereocenters. The Bertz CT molecular complexity index is 488. The van der Waals surface area contributed by atoms with Crippen LogP contribution >= 0.6 is 0 Å². The number of likely N-dealkylation sites (tertiary alicyclic amines) is 1. The standard InChI is InChI=1S/C16H24N2O3/c1-16(20)7-4-9-18(10-8-16)15(19)12-21-14-6-3-2-5-13(14)11-17/h2-3,5-6,20H,4,7-12,17H2,1H3.